The number of hydrogen-bond donors (Lipinski definition) is 1. The van der Waals surface area contributed by atoms with Crippen LogP contribution < -0.4 is 0 Å². The summed E-state index contributed by atoms with van der Waals surface area (Å²) in [6.45, 7) is 0.803. The minimum atomic E-state index is -0.774. The van der Waals surface area contributed by atoms with Crippen LogP contribution in [0.25, 0.3) is 0 Å². The van der Waals surface area contributed by atoms with Crippen molar-refractivity contribution in [3.05, 3.63) is 22.6 Å². The third-order valence-corrected chi connectivity index (χ3v) is 5.02. The summed E-state index contributed by atoms with van der Waals surface area (Å²) in [4.78, 5) is 25.5. The van der Waals surface area contributed by atoms with E-state index in [4.69, 9.17) is 4.42 Å². The molecule has 1 saturated carbocycles. The molecule has 5 nitrogen and oxygen atoms in total. The number of carboxylic acids is 1. The quantitative estimate of drug-likeness (QED) is 0.905. The Bertz CT molecular complexity index is 541. The van der Waals surface area contributed by atoms with Gasteiger partial charge in [0.15, 0.2) is 0 Å². The fourth-order valence-electron chi connectivity index (χ4n) is 3.38. The molecule has 19 heavy (non-hydrogen) atoms. The molecule has 1 saturated heterocycles. The molecule has 0 radical (unpaired) electrons. The summed E-state index contributed by atoms with van der Waals surface area (Å²) in [7, 11) is 0. The van der Waals surface area contributed by atoms with Gasteiger partial charge in [-0.2, -0.15) is 0 Å². The summed E-state index contributed by atoms with van der Waals surface area (Å²) in [6, 6.07) is 1.66. The summed E-state index contributed by atoms with van der Waals surface area (Å²) in [5.74, 6) is -0.682. The lowest BCUT2D eigenvalue weighted by molar-refractivity contribution is -0.149. The zero-order valence-corrected chi connectivity index (χ0v) is 11.9. The SMILES string of the molecule is O=C(c1occc1Br)N1C[C@@H]2CCC[C@@]2(C(=O)O)C1. The van der Waals surface area contributed by atoms with E-state index >= 15 is 0 Å². The number of halogens is 1. The molecule has 1 N–H and O–H groups in total. The van der Waals surface area contributed by atoms with Crippen LogP contribution in [-0.4, -0.2) is 35.0 Å². The van der Waals surface area contributed by atoms with Crippen LogP contribution in [0, 0.1) is 11.3 Å². The summed E-state index contributed by atoms with van der Waals surface area (Å²) < 4.78 is 5.78. The molecule has 2 heterocycles. The number of nitrogens with zero attached hydrogens (tertiary/aromatic N) is 1. The Balaban J connectivity index is 1.85. The van der Waals surface area contributed by atoms with E-state index < -0.39 is 11.4 Å². The van der Waals surface area contributed by atoms with Gasteiger partial charge in [0.1, 0.15) is 0 Å². The monoisotopic (exact) mass is 327 g/mol. The van der Waals surface area contributed by atoms with E-state index in [2.05, 4.69) is 15.9 Å². The first-order valence-electron chi connectivity index (χ1n) is 6.30. The Morgan fingerprint density at radius 3 is 2.89 bits per heavy atom. The standard InChI is InChI=1S/C13H14BrNO4/c14-9-3-5-19-10(9)11(16)15-6-8-2-1-4-13(8,7-15)12(17)18/h3,5,8H,1-2,4,6-7H2,(H,17,18)/t8-,13+/m0/s1. The van der Waals surface area contributed by atoms with Crippen LogP contribution in [-0.2, 0) is 4.79 Å². The second-order valence-electron chi connectivity index (χ2n) is 5.33. The largest absolute Gasteiger partial charge is 0.481 e. The average molecular weight is 328 g/mol. The molecule has 0 bridgehead atoms. The second-order valence-corrected chi connectivity index (χ2v) is 6.19. The van der Waals surface area contributed by atoms with Crippen LogP contribution in [0.1, 0.15) is 29.8 Å². The maximum atomic E-state index is 12.3. The Morgan fingerprint density at radius 2 is 2.32 bits per heavy atom. The zero-order valence-electron chi connectivity index (χ0n) is 10.3. The van der Waals surface area contributed by atoms with Crippen molar-refractivity contribution in [2.24, 2.45) is 11.3 Å². The van der Waals surface area contributed by atoms with E-state index in [-0.39, 0.29) is 17.6 Å². The number of likely N-dealkylation sites (tertiary alicyclic amines) is 1. The number of carbonyl (C=O) groups excluding carboxylic acids is 1. The van der Waals surface area contributed by atoms with E-state index in [0.717, 1.165) is 12.8 Å². The van der Waals surface area contributed by atoms with E-state index in [1.165, 1.54) is 6.26 Å². The normalized spacial score (nSPS) is 29.5. The third kappa shape index (κ3) is 1.81. The molecule has 0 aromatic carbocycles. The van der Waals surface area contributed by atoms with Crippen molar-refractivity contribution < 1.29 is 19.1 Å². The van der Waals surface area contributed by atoms with E-state index in [1.54, 1.807) is 11.0 Å². The van der Waals surface area contributed by atoms with Crippen molar-refractivity contribution in [2.75, 3.05) is 13.1 Å². The molecular weight excluding hydrogens is 314 g/mol. The Labute approximate surface area is 118 Å². The fraction of sp³-hybridized carbons (Fsp3) is 0.538. The first kappa shape index (κ1) is 12.7. The van der Waals surface area contributed by atoms with Crippen molar-refractivity contribution in [3.8, 4) is 0 Å². The van der Waals surface area contributed by atoms with E-state index in [9.17, 15) is 14.7 Å². The zero-order chi connectivity index (χ0) is 13.6. The molecule has 0 unspecified atom stereocenters. The first-order valence-corrected chi connectivity index (χ1v) is 7.09. The highest BCUT2D eigenvalue weighted by Crippen LogP contribution is 2.49. The van der Waals surface area contributed by atoms with Crippen molar-refractivity contribution in [2.45, 2.75) is 19.3 Å². The molecule has 2 aliphatic rings. The Morgan fingerprint density at radius 1 is 1.53 bits per heavy atom. The third-order valence-electron chi connectivity index (χ3n) is 4.40. The molecule has 0 spiro atoms. The van der Waals surface area contributed by atoms with Crippen molar-refractivity contribution >= 4 is 27.8 Å². The molecular formula is C13H14BrNO4. The van der Waals surface area contributed by atoms with E-state index in [1.807, 2.05) is 0 Å². The van der Waals surface area contributed by atoms with Gasteiger partial charge in [-0.15, -0.1) is 0 Å². The van der Waals surface area contributed by atoms with Gasteiger partial charge >= 0.3 is 5.97 Å². The Hall–Kier alpha value is -1.30. The Kier molecular flexibility index (Phi) is 2.92. The number of fused-ring (bicyclic) bond motifs is 1. The van der Waals surface area contributed by atoms with Crippen LogP contribution in [0.5, 0.6) is 0 Å². The van der Waals surface area contributed by atoms with Gasteiger partial charge in [0.05, 0.1) is 16.2 Å². The summed E-state index contributed by atoms with van der Waals surface area (Å²) in [5, 5.41) is 9.49. The van der Waals surface area contributed by atoms with E-state index in [0.29, 0.717) is 24.0 Å². The van der Waals surface area contributed by atoms with Gasteiger partial charge in [0, 0.05) is 13.1 Å². The molecule has 1 aliphatic heterocycles. The summed E-state index contributed by atoms with van der Waals surface area (Å²) in [5.41, 5.74) is -0.741. The topological polar surface area (TPSA) is 70.8 Å². The molecule has 2 atom stereocenters. The molecule has 1 aliphatic carbocycles. The summed E-state index contributed by atoms with van der Waals surface area (Å²) >= 11 is 3.26. The predicted molar refractivity (Wildman–Crippen MR) is 69.7 cm³/mol. The highest BCUT2D eigenvalue weighted by atomic mass is 79.9. The molecule has 2 fully saturated rings. The number of carbonyl (C=O) groups is 2. The lowest BCUT2D eigenvalue weighted by atomic mass is 9.81. The van der Waals surface area contributed by atoms with Crippen LogP contribution in [0.15, 0.2) is 21.2 Å². The maximum Gasteiger partial charge on any atom is 0.311 e. The van der Waals surface area contributed by atoms with Crippen molar-refractivity contribution in [3.63, 3.8) is 0 Å². The van der Waals surface area contributed by atoms with Gasteiger partial charge in [-0.25, -0.2) is 0 Å². The maximum absolute atomic E-state index is 12.3. The van der Waals surface area contributed by atoms with Gasteiger partial charge < -0.3 is 14.4 Å². The molecule has 1 aromatic rings. The van der Waals surface area contributed by atoms with Gasteiger partial charge in [-0.3, -0.25) is 9.59 Å². The number of hydrogen-bond acceptors (Lipinski definition) is 3. The second kappa shape index (κ2) is 4.37. The molecule has 1 amide bonds. The smallest absolute Gasteiger partial charge is 0.311 e. The van der Waals surface area contributed by atoms with Crippen LogP contribution in [0.4, 0.5) is 0 Å². The molecule has 3 rings (SSSR count). The highest BCUT2D eigenvalue weighted by Gasteiger charge is 2.56. The van der Waals surface area contributed by atoms with Crippen molar-refractivity contribution in [1.29, 1.82) is 0 Å². The van der Waals surface area contributed by atoms with Gasteiger partial charge in [0.25, 0.3) is 5.91 Å². The predicted octanol–water partition coefficient (Wildman–Crippen LogP) is 2.37. The number of amides is 1. The lowest BCUT2D eigenvalue weighted by Crippen LogP contribution is -2.37. The van der Waals surface area contributed by atoms with Gasteiger partial charge in [0.2, 0.25) is 5.76 Å². The van der Waals surface area contributed by atoms with Crippen molar-refractivity contribution in [1.82, 2.24) is 4.90 Å². The number of carboxylic acid groups (broad SMARTS) is 1. The molecule has 102 valence electrons. The number of furan rings is 1. The minimum Gasteiger partial charge on any atom is -0.481 e. The minimum absolute atomic E-state index is 0.0719. The van der Waals surface area contributed by atoms with Gasteiger partial charge in [-0.1, -0.05) is 6.42 Å². The van der Waals surface area contributed by atoms with Crippen LogP contribution >= 0.6 is 15.9 Å². The number of rotatable bonds is 2. The first-order chi connectivity index (χ1) is 9.04. The molecule has 1 aromatic heterocycles. The molecule has 6 heteroatoms. The fourth-order valence-corrected chi connectivity index (χ4v) is 3.75. The van der Waals surface area contributed by atoms with Crippen LogP contribution in [0.2, 0.25) is 0 Å². The van der Waals surface area contributed by atoms with Gasteiger partial charge in [-0.05, 0) is 40.8 Å². The average Bonchev–Trinajstić information content (AvgIpc) is 3.00. The van der Waals surface area contributed by atoms with Crippen LogP contribution in [0.3, 0.4) is 0 Å². The number of aliphatic carboxylic acids is 1. The lowest BCUT2D eigenvalue weighted by Gasteiger charge is -2.23. The summed E-state index contributed by atoms with van der Waals surface area (Å²) in [6.07, 6.45) is 3.93. The highest BCUT2D eigenvalue weighted by molar-refractivity contribution is 9.10.